The predicted molar refractivity (Wildman–Crippen MR) is 72.5 cm³/mol. The highest BCUT2D eigenvalue weighted by Gasteiger charge is 2.20. The highest BCUT2D eigenvalue weighted by atomic mass is 16.3. The Morgan fingerprint density at radius 1 is 1.50 bits per heavy atom. The number of likely N-dealkylation sites (tertiary alicyclic amines) is 1. The first-order valence-electron chi connectivity index (χ1n) is 7.09. The zero-order valence-corrected chi connectivity index (χ0v) is 11.6. The van der Waals surface area contributed by atoms with Gasteiger partial charge < -0.3 is 15.1 Å². The molecule has 2 N–H and O–H groups in total. The number of oxazole rings is 1. The van der Waals surface area contributed by atoms with E-state index in [0.29, 0.717) is 12.5 Å². The molecule has 0 saturated carbocycles. The van der Waals surface area contributed by atoms with Crippen LogP contribution in [0, 0.1) is 5.92 Å². The molecule has 18 heavy (non-hydrogen) atoms. The van der Waals surface area contributed by atoms with Gasteiger partial charge in [-0.3, -0.25) is 0 Å². The fourth-order valence-corrected chi connectivity index (χ4v) is 2.52. The van der Waals surface area contributed by atoms with Gasteiger partial charge >= 0.3 is 0 Å². The van der Waals surface area contributed by atoms with Crippen molar-refractivity contribution in [2.45, 2.75) is 39.0 Å². The van der Waals surface area contributed by atoms with Crippen molar-refractivity contribution in [3.05, 3.63) is 17.8 Å². The van der Waals surface area contributed by atoms with Crippen molar-refractivity contribution in [2.24, 2.45) is 11.7 Å². The van der Waals surface area contributed by atoms with Gasteiger partial charge in [-0.1, -0.05) is 13.8 Å². The fourth-order valence-electron chi connectivity index (χ4n) is 2.52. The third-order valence-electron chi connectivity index (χ3n) is 4.05. The number of piperidine rings is 1. The van der Waals surface area contributed by atoms with Crippen molar-refractivity contribution < 1.29 is 4.42 Å². The van der Waals surface area contributed by atoms with Crippen LogP contribution in [0.4, 0.5) is 0 Å². The Morgan fingerprint density at radius 2 is 2.22 bits per heavy atom. The SMILES string of the molecule is CCN1CCC(Cc2nc(C(C)CN)co2)CC1. The minimum absolute atomic E-state index is 0.296. The summed E-state index contributed by atoms with van der Waals surface area (Å²) in [4.78, 5) is 7.06. The number of hydrogen-bond donors (Lipinski definition) is 1. The molecule has 102 valence electrons. The van der Waals surface area contributed by atoms with E-state index in [1.165, 1.54) is 32.5 Å². The molecule has 0 bridgehead atoms. The summed E-state index contributed by atoms with van der Waals surface area (Å²) in [6.45, 7) is 8.54. The molecule has 0 spiro atoms. The maximum Gasteiger partial charge on any atom is 0.194 e. The van der Waals surface area contributed by atoms with Crippen LogP contribution in [-0.2, 0) is 6.42 Å². The van der Waals surface area contributed by atoms with Gasteiger partial charge in [-0.05, 0) is 38.4 Å². The van der Waals surface area contributed by atoms with Crippen molar-refractivity contribution >= 4 is 0 Å². The largest absolute Gasteiger partial charge is 0.449 e. The Balaban J connectivity index is 1.85. The second-order valence-electron chi connectivity index (χ2n) is 5.38. The molecule has 1 fully saturated rings. The molecule has 1 unspecified atom stereocenters. The zero-order valence-electron chi connectivity index (χ0n) is 11.6. The molecule has 2 rings (SSSR count). The van der Waals surface area contributed by atoms with Gasteiger partial charge in [0.1, 0.15) is 6.26 Å². The van der Waals surface area contributed by atoms with E-state index < -0.39 is 0 Å². The Bertz CT molecular complexity index is 356. The van der Waals surface area contributed by atoms with Crippen molar-refractivity contribution in [1.82, 2.24) is 9.88 Å². The van der Waals surface area contributed by atoms with E-state index in [0.717, 1.165) is 23.9 Å². The lowest BCUT2D eigenvalue weighted by Gasteiger charge is -2.30. The predicted octanol–water partition coefficient (Wildman–Crippen LogP) is 2.01. The smallest absolute Gasteiger partial charge is 0.194 e. The molecular formula is C14H25N3O. The molecule has 1 atom stereocenters. The van der Waals surface area contributed by atoms with Crippen molar-refractivity contribution in [2.75, 3.05) is 26.2 Å². The summed E-state index contributed by atoms with van der Waals surface area (Å²) in [7, 11) is 0. The maximum atomic E-state index is 5.64. The third-order valence-corrected chi connectivity index (χ3v) is 4.05. The van der Waals surface area contributed by atoms with Crippen LogP contribution in [0.5, 0.6) is 0 Å². The molecule has 1 aromatic heterocycles. The Morgan fingerprint density at radius 3 is 2.83 bits per heavy atom. The zero-order chi connectivity index (χ0) is 13.0. The molecule has 1 aliphatic rings. The average Bonchev–Trinajstić information content (AvgIpc) is 2.87. The molecule has 1 saturated heterocycles. The number of aromatic nitrogens is 1. The van der Waals surface area contributed by atoms with Gasteiger partial charge in [0.15, 0.2) is 5.89 Å². The molecule has 0 amide bonds. The Kier molecular flexibility index (Phi) is 4.78. The molecule has 0 radical (unpaired) electrons. The van der Waals surface area contributed by atoms with E-state index in [1.807, 2.05) is 0 Å². The second kappa shape index (κ2) is 6.34. The number of nitrogens with zero attached hydrogens (tertiary/aromatic N) is 2. The van der Waals surface area contributed by atoms with E-state index in [9.17, 15) is 0 Å². The van der Waals surface area contributed by atoms with Gasteiger partial charge in [-0.2, -0.15) is 0 Å². The Labute approximate surface area is 110 Å². The summed E-state index contributed by atoms with van der Waals surface area (Å²) >= 11 is 0. The lowest BCUT2D eigenvalue weighted by molar-refractivity contribution is 0.187. The first kappa shape index (κ1) is 13.6. The lowest BCUT2D eigenvalue weighted by Crippen LogP contribution is -2.34. The van der Waals surface area contributed by atoms with Gasteiger partial charge in [-0.25, -0.2) is 4.98 Å². The van der Waals surface area contributed by atoms with Crippen molar-refractivity contribution in [3.63, 3.8) is 0 Å². The first-order chi connectivity index (χ1) is 8.72. The van der Waals surface area contributed by atoms with Gasteiger partial charge in [0.2, 0.25) is 0 Å². The third kappa shape index (κ3) is 3.33. The van der Waals surface area contributed by atoms with Crippen LogP contribution in [0.15, 0.2) is 10.7 Å². The fraction of sp³-hybridized carbons (Fsp3) is 0.786. The lowest BCUT2D eigenvalue weighted by atomic mass is 9.93. The van der Waals surface area contributed by atoms with Crippen LogP contribution in [0.2, 0.25) is 0 Å². The number of nitrogens with two attached hydrogens (primary N) is 1. The monoisotopic (exact) mass is 251 g/mol. The molecular weight excluding hydrogens is 226 g/mol. The van der Waals surface area contributed by atoms with Gasteiger partial charge in [0.05, 0.1) is 5.69 Å². The first-order valence-corrected chi connectivity index (χ1v) is 7.09. The molecule has 1 aromatic rings. The van der Waals surface area contributed by atoms with Gasteiger partial charge in [-0.15, -0.1) is 0 Å². The number of rotatable bonds is 5. The maximum absolute atomic E-state index is 5.64. The highest BCUT2D eigenvalue weighted by molar-refractivity contribution is 5.04. The highest BCUT2D eigenvalue weighted by Crippen LogP contribution is 2.22. The normalized spacial score (nSPS) is 20.2. The Hall–Kier alpha value is -0.870. The van der Waals surface area contributed by atoms with E-state index in [4.69, 9.17) is 10.2 Å². The summed E-state index contributed by atoms with van der Waals surface area (Å²) in [5.41, 5.74) is 6.64. The quantitative estimate of drug-likeness (QED) is 0.869. The van der Waals surface area contributed by atoms with Gasteiger partial charge in [0, 0.05) is 18.9 Å². The van der Waals surface area contributed by atoms with Crippen LogP contribution in [0.3, 0.4) is 0 Å². The molecule has 4 nitrogen and oxygen atoms in total. The summed E-state index contributed by atoms with van der Waals surface area (Å²) in [6, 6.07) is 0. The van der Waals surface area contributed by atoms with Crippen LogP contribution in [-0.4, -0.2) is 36.1 Å². The molecule has 1 aliphatic heterocycles. The van der Waals surface area contributed by atoms with E-state index >= 15 is 0 Å². The van der Waals surface area contributed by atoms with Gasteiger partial charge in [0.25, 0.3) is 0 Å². The topological polar surface area (TPSA) is 55.3 Å². The minimum Gasteiger partial charge on any atom is -0.449 e. The number of hydrogen-bond acceptors (Lipinski definition) is 4. The van der Waals surface area contributed by atoms with E-state index in [2.05, 4.69) is 23.7 Å². The second-order valence-corrected chi connectivity index (χ2v) is 5.38. The van der Waals surface area contributed by atoms with E-state index in [-0.39, 0.29) is 0 Å². The summed E-state index contributed by atoms with van der Waals surface area (Å²) in [5, 5.41) is 0. The van der Waals surface area contributed by atoms with Crippen LogP contribution < -0.4 is 5.73 Å². The average molecular weight is 251 g/mol. The molecule has 4 heteroatoms. The van der Waals surface area contributed by atoms with Crippen LogP contribution in [0.1, 0.15) is 44.2 Å². The molecule has 0 aliphatic carbocycles. The standard InChI is InChI=1S/C14H25N3O/c1-3-17-6-4-12(5-7-17)8-14-16-13(10-18-14)11(2)9-15/h10-12H,3-9,15H2,1-2H3. The van der Waals surface area contributed by atoms with E-state index in [1.54, 1.807) is 6.26 Å². The summed E-state index contributed by atoms with van der Waals surface area (Å²) < 4.78 is 5.56. The minimum atomic E-state index is 0.296. The van der Waals surface area contributed by atoms with Crippen LogP contribution in [0.25, 0.3) is 0 Å². The molecule has 0 aromatic carbocycles. The van der Waals surface area contributed by atoms with Crippen LogP contribution >= 0.6 is 0 Å². The van der Waals surface area contributed by atoms with Crippen molar-refractivity contribution in [1.29, 1.82) is 0 Å². The molecule has 2 heterocycles. The van der Waals surface area contributed by atoms with Crippen molar-refractivity contribution in [3.8, 4) is 0 Å². The summed E-state index contributed by atoms with van der Waals surface area (Å²) in [5.74, 6) is 1.91. The summed E-state index contributed by atoms with van der Waals surface area (Å²) in [6.07, 6.45) is 5.28.